The molecule has 0 aromatic heterocycles. The number of carbonyl (C=O) groups excluding carboxylic acids is 1. The van der Waals surface area contributed by atoms with Gasteiger partial charge in [0.15, 0.2) is 0 Å². The Kier molecular flexibility index (Phi) is 5.02. The van der Waals surface area contributed by atoms with Crippen LogP contribution in [0, 0.1) is 18.3 Å². The number of benzene rings is 1. The smallest absolute Gasteiger partial charge is 0.322 e. The minimum Gasteiger partial charge on any atom is -0.480 e. The van der Waals surface area contributed by atoms with Crippen LogP contribution in [-0.2, 0) is 19.6 Å². The van der Waals surface area contributed by atoms with E-state index >= 15 is 0 Å². The Morgan fingerprint density at radius 1 is 1.48 bits per heavy atom. The van der Waals surface area contributed by atoms with Gasteiger partial charge in [-0.2, -0.15) is 9.98 Å². The summed E-state index contributed by atoms with van der Waals surface area (Å²) in [6, 6.07) is 4.06. The van der Waals surface area contributed by atoms with Crippen LogP contribution in [0.2, 0.25) is 0 Å². The molecule has 0 fully saturated rings. The molecular formula is C12H13N3O5S. The topological polar surface area (TPSA) is 150 Å². The van der Waals surface area contributed by atoms with Crippen LogP contribution in [0.25, 0.3) is 0 Å². The summed E-state index contributed by atoms with van der Waals surface area (Å²) in [7, 11) is -4.15. The highest BCUT2D eigenvalue weighted by Gasteiger charge is 2.27. The molecule has 0 aliphatic rings. The summed E-state index contributed by atoms with van der Waals surface area (Å²) in [5.74, 6) is -2.45. The van der Waals surface area contributed by atoms with E-state index in [1.54, 1.807) is 0 Å². The number of carbonyl (C=O) groups is 2. The van der Waals surface area contributed by atoms with Crippen molar-refractivity contribution in [1.82, 2.24) is 4.72 Å². The molecule has 1 aromatic rings. The number of sulfonamides is 1. The van der Waals surface area contributed by atoms with Crippen LogP contribution in [-0.4, -0.2) is 31.4 Å². The molecule has 0 saturated heterocycles. The number of rotatable bonds is 6. The van der Waals surface area contributed by atoms with Crippen LogP contribution in [0.3, 0.4) is 0 Å². The van der Waals surface area contributed by atoms with Gasteiger partial charge in [-0.3, -0.25) is 9.59 Å². The van der Waals surface area contributed by atoms with Crippen molar-refractivity contribution in [2.75, 3.05) is 0 Å². The molecule has 0 heterocycles. The van der Waals surface area contributed by atoms with Gasteiger partial charge in [0.1, 0.15) is 6.04 Å². The second kappa shape index (κ2) is 6.34. The number of nitriles is 1. The van der Waals surface area contributed by atoms with Crippen molar-refractivity contribution >= 4 is 21.9 Å². The van der Waals surface area contributed by atoms with Crippen molar-refractivity contribution in [3.8, 4) is 6.07 Å². The number of carboxylic acids is 1. The zero-order valence-corrected chi connectivity index (χ0v) is 11.8. The maximum atomic E-state index is 12.1. The molecule has 0 bridgehead atoms. The fraction of sp³-hybridized carbons (Fsp3) is 0.250. The quantitative estimate of drug-likeness (QED) is 0.642. The van der Waals surface area contributed by atoms with Crippen molar-refractivity contribution in [1.29, 1.82) is 5.26 Å². The van der Waals surface area contributed by atoms with Crippen LogP contribution in [0.15, 0.2) is 23.1 Å². The van der Waals surface area contributed by atoms with E-state index in [0.29, 0.717) is 0 Å². The third-order valence-corrected chi connectivity index (χ3v) is 4.23. The van der Waals surface area contributed by atoms with Crippen LogP contribution in [0.4, 0.5) is 0 Å². The third kappa shape index (κ3) is 4.27. The van der Waals surface area contributed by atoms with E-state index in [4.69, 9.17) is 16.1 Å². The summed E-state index contributed by atoms with van der Waals surface area (Å²) in [6.45, 7) is 1.47. The summed E-state index contributed by atoms with van der Waals surface area (Å²) >= 11 is 0. The first-order valence-electron chi connectivity index (χ1n) is 5.71. The lowest BCUT2D eigenvalue weighted by atomic mass is 10.2. The van der Waals surface area contributed by atoms with Gasteiger partial charge in [0.2, 0.25) is 15.9 Å². The number of hydrogen-bond donors (Lipinski definition) is 3. The van der Waals surface area contributed by atoms with Gasteiger partial charge in [-0.15, -0.1) is 0 Å². The summed E-state index contributed by atoms with van der Waals surface area (Å²) in [4.78, 5) is 21.6. The summed E-state index contributed by atoms with van der Waals surface area (Å²) in [5.41, 5.74) is 5.44. The first-order valence-corrected chi connectivity index (χ1v) is 7.20. The van der Waals surface area contributed by atoms with Gasteiger partial charge >= 0.3 is 5.97 Å². The van der Waals surface area contributed by atoms with Gasteiger partial charge in [0, 0.05) is 0 Å². The highest BCUT2D eigenvalue weighted by atomic mass is 32.2. The Hall–Kier alpha value is -2.44. The van der Waals surface area contributed by atoms with E-state index < -0.39 is 34.4 Å². The molecule has 1 amide bonds. The standard InChI is InChI=1S/C12H13N3O5S/c1-7-4-8(6-13)2-3-10(7)21(19,20)15-9(12(17)18)5-11(14)16/h2-4,9,15H,5H2,1H3,(H2,14,16)(H,17,18). The van der Waals surface area contributed by atoms with Gasteiger partial charge in [0.05, 0.1) is 22.9 Å². The van der Waals surface area contributed by atoms with E-state index in [1.807, 2.05) is 10.8 Å². The minimum atomic E-state index is -4.15. The van der Waals surface area contributed by atoms with Gasteiger partial charge in [-0.25, -0.2) is 8.42 Å². The van der Waals surface area contributed by atoms with E-state index in [1.165, 1.54) is 25.1 Å². The molecular weight excluding hydrogens is 298 g/mol. The zero-order valence-electron chi connectivity index (χ0n) is 11.0. The second-order valence-electron chi connectivity index (χ2n) is 4.27. The van der Waals surface area contributed by atoms with Gasteiger partial charge in [0.25, 0.3) is 0 Å². The Morgan fingerprint density at radius 3 is 2.52 bits per heavy atom. The fourth-order valence-corrected chi connectivity index (χ4v) is 3.07. The average molecular weight is 311 g/mol. The SMILES string of the molecule is Cc1cc(C#N)ccc1S(=O)(=O)NC(CC(N)=O)C(=O)O. The zero-order chi connectivity index (χ0) is 16.2. The first kappa shape index (κ1) is 16.6. The Bertz CT molecular complexity index is 721. The normalized spacial score (nSPS) is 12.4. The van der Waals surface area contributed by atoms with E-state index in [9.17, 15) is 18.0 Å². The molecule has 9 heteroatoms. The Labute approximate surface area is 121 Å². The molecule has 1 rings (SSSR count). The second-order valence-corrected chi connectivity index (χ2v) is 5.96. The van der Waals surface area contributed by atoms with Crippen LogP contribution < -0.4 is 10.5 Å². The van der Waals surface area contributed by atoms with Crippen LogP contribution in [0.1, 0.15) is 17.5 Å². The van der Waals surface area contributed by atoms with E-state index in [2.05, 4.69) is 0 Å². The number of aliphatic carboxylic acids is 1. The molecule has 21 heavy (non-hydrogen) atoms. The van der Waals surface area contributed by atoms with E-state index in [0.717, 1.165) is 0 Å². The van der Waals surface area contributed by atoms with E-state index in [-0.39, 0.29) is 16.0 Å². The van der Waals surface area contributed by atoms with Gasteiger partial charge in [-0.05, 0) is 30.7 Å². The lowest BCUT2D eigenvalue weighted by Crippen LogP contribution is -2.43. The maximum absolute atomic E-state index is 12.1. The summed E-state index contributed by atoms with van der Waals surface area (Å²) in [6.07, 6.45) is -0.663. The molecule has 0 aliphatic heterocycles. The first-order chi connectivity index (χ1) is 9.67. The molecule has 1 unspecified atom stereocenters. The van der Waals surface area contributed by atoms with Crippen LogP contribution in [0.5, 0.6) is 0 Å². The van der Waals surface area contributed by atoms with Crippen molar-refractivity contribution in [2.45, 2.75) is 24.3 Å². The molecule has 0 spiro atoms. The molecule has 1 aromatic carbocycles. The van der Waals surface area contributed by atoms with Crippen molar-refractivity contribution in [2.24, 2.45) is 5.73 Å². The number of nitrogens with one attached hydrogen (secondary N) is 1. The molecule has 0 aliphatic carbocycles. The number of carboxylic acid groups (broad SMARTS) is 1. The number of nitrogens with two attached hydrogens (primary N) is 1. The van der Waals surface area contributed by atoms with Crippen molar-refractivity contribution in [3.05, 3.63) is 29.3 Å². The lowest BCUT2D eigenvalue weighted by molar-refractivity contribution is -0.140. The predicted molar refractivity (Wildman–Crippen MR) is 71.5 cm³/mol. The summed E-state index contributed by atoms with van der Waals surface area (Å²) < 4.78 is 26.2. The van der Waals surface area contributed by atoms with Crippen LogP contribution >= 0.6 is 0 Å². The number of amides is 1. The molecule has 0 radical (unpaired) electrons. The predicted octanol–water partition coefficient (Wildman–Crippen LogP) is -0.526. The number of hydrogen-bond acceptors (Lipinski definition) is 5. The molecule has 112 valence electrons. The number of nitrogens with zero attached hydrogens (tertiary/aromatic N) is 1. The fourth-order valence-electron chi connectivity index (χ4n) is 1.65. The largest absolute Gasteiger partial charge is 0.480 e. The monoisotopic (exact) mass is 311 g/mol. The number of primary amides is 1. The molecule has 8 nitrogen and oxygen atoms in total. The molecule has 0 saturated carbocycles. The molecule has 1 atom stereocenters. The van der Waals surface area contributed by atoms with Gasteiger partial charge < -0.3 is 10.8 Å². The lowest BCUT2D eigenvalue weighted by Gasteiger charge is -2.14. The average Bonchev–Trinajstić information content (AvgIpc) is 2.36. The minimum absolute atomic E-state index is 0.169. The Morgan fingerprint density at radius 2 is 2.10 bits per heavy atom. The Balaban J connectivity index is 3.13. The van der Waals surface area contributed by atoms with Crippen molar-refractivity contribution < 1.29 is 23.1 Å². The third-order valence-electron chi connectivity index (χ3n) is 2.59. The molecule has 4 N–H and O–H groups in total. The van der Waals surface area contributed by atoms with Gasteiger partial charge in [-0.1, -0.05) is 0 Å². The highest BCUT2D eigenvalue weighted by molar-refractivity contribution is 7.89. The van der Waals surface area contributed by atoms with Crippen molar-refractivity contribution in [3.63, 3.8) is 0 Å². The highest BCUT2D eigenvalue weighted by Crippen LogP contribution is 2.17. The number of aryl methyl sites for hydroxylation is 1. The maximum Gasteiger partial charge on any atom is 0.322 e. The summed E-state index contributed by atoms with van der Waals surface area (Å²) in [5, 5.41) is 17.6.